The molecule has 0 bridgehead atoms. The largest absolute Gasteiger partial charge is 0.444 e. The maximum absolute atomic E-state index is 5.71. The summed E-state index contributed by atoms with van der Waals surface area (Å²) in [6, 6.07) is 1.05. The molecule has 3 heterocycles. The van der Waals surface area contributed by atoms with Gasteiger partial charge in [0.15, 0.2) is 0 Å². The zero-order valence-corrected chi connectivity index (χ0v) is 12.1. The van der Waals surface area contributed by atoms with Gasteiger partial charge in [-0.15, -0.1) is 0 Å². The van der Waals surface area contributed by atoms with Gasteiger partial charge in [-0.2, -0.15) is 0 Å². The number of fused-ring (bicyclic) bond motifs is 1. The van der Waals surface area contributed by atoms with Gasteiger partial charge in [-0.1, -0.05) is 6.42 Å². The smallest absolute Gasteiger partial charge is 0.211 e. The summed E-state index contributed by atoms with van der Waals surface area (Å²) in [5.41, 5.74) is 0. The van der Waals surface area contributed by atoms with Gasteiger partial charge < -0.3 is 4.42 Å². The van der Waals surface area contributed by atoms with Gasteiger partial charge in [-0.3, -0.25) is 9.80 Å². The van der Waals surface area contributed by atoms with Crippen molar-refractivity contribution in [1.82, 2.24) is 14.8 Å². The maximum atomic E-state index is 5.71. The summed E-state index contributed by atoms with van der Waals surface area (Å²) in [7, 11) is 0. The molecule has 2 aliphatic rings. The number of hydrogen-bond donors (Lipinski definition) is 0. The molecule has 2 saturated heterocycles. The zero-order chi connectivity index (χ0) is 13.2. The van der Waals surface area contributed by atoms with Crippen molar-refractivity contribution in [3.05, 3.63) is 17.8 Å². The van der Waals surface area contributed by atoms with E-state index in [2.05, 4.69) is 21.7 Å². The Balaban J connectivity index is 1.70. The molecule has 2 atom stereocenters. The monoisotopic (exact) mass is 263 g/mol. The van der Waals surface area contributed by atoms with Gasteiger partial charge in [0, 0.05) is 19.1 Å². The molecule has 0 radical (unpaired) electrons. The summed E-state index contributed by atoms with van der Waals surface area (Å²) in [6.07, 6.45) is 7.22. The van der Waals surface area contributed by atoms with Crippen molar-refractivity contribution in [3.63, 3.8) is 0 Å². The summed E-state index contributed by atoms with van der Waals surface area (Å²) in [5.74, 6) is 1.79. The van der Waals surface area contributed by atoms with Crippen molar-refractivity contribution in [1.29, 1.82) is 0 Å². The van der Waals surface area contributed by atoms with E-state index < -0.39 is 0 Å². The highest BCUT2D eigenvalue weighted by atomic mass is 16.4. The number of aryl methyl sites for hydroxylation is 1. The van der Waals surface area contributed by atoms with Crippen LogP contribution in [0.25, 0.3) is 0 Å². The number of oxazole rings is 1. The van der Waals surface area contributed by atoms with Crippen molar-refractivity contribution in [2.75, 3.05) is 26.2 Å². The normalized spacial score (nSPS) is 27.8. The van der Waals surface area contributed by atoms with Crippen LogP contribution < -0.4 is 0 Å². The molecule has 4 heteroatoms. The van der Waals surface area contributed by atoms with Gasteiger partial charge in [0.25, 0.3) is 0 Å². The first-order valence-corrected chi connectivity index (χ1v) is 7.64. The molecule has 0 saturated carbocycles. The predicted molar refractivity (Wildman–Crippen MR) is 75.1 cm³/mol. The van der Waals surface area contributed by atoms with Crippen LogP contribution in [0.5, 0.6) is 0 Å². The lowest BCUT2D eigenvalue weighted by atomic mass is 10.0. The Bertz CT molecular complexity index is 417. The molecule has 2 aliphatic heterocycles. The minimum Gasteiger partial charge on any atom is -0.444 e. The van der Waals surface area contributed by atoms with Crippen LogP contribution in [0.2, 0.25) is 0 Å². The quantitative estimate of drug-likeness (QED) is 0.821. The predicted octanol–water partition coefficient (Wildman–Crippen LogP) is 2.60. The second kappa shape index (κ2) is 5.63. The lowest BCUT2D eigenvalue weighted by molar-refractivity contribution is 0.115. The second-order valence-corrected chi connectivity index (χ2v) is 6.02. The Morgan fingerprint density at radius 2 is 2.11 bits per heavy atom. The van der Waals surface area contributed by atoms with E-state index in [-0.39, 0.29) is 0 Å². The third-order valence-corrected chi connectivity index (χ3v) is 4.63. The number of hydrogen-bond acceptors (Lipinski definition) is 4. The highest BCUT2D eigenvalue weighted by molar-refractivity contribution is 4.97. The van der Waals surface area contributed by atoms with Gasteiger partial charge >= 0.3 is 0 Å². The van der Waals surface area contributed by atoms with Crippen LogP contribution >= 0.6 is 0 Å². The molecule has 0 N–H and O–H groups in total. The molecule has 4 nitrogen and oxygen atoms in total. The second-order valence-electron chi connectivity index (χ2n) is 6.02. The highest BCUT2D eigenvalue weighted by Crippen LogP contribution is 2.26. The summed E-state index contributed by atoms with van der Waals surface area (Å²) in [6.45, 7) is 9.08. The van der Waals surface area contributed by atoms with E-state index in [9.17, 15) is 0 Å². The fourth-order valence-electron chi connectivity index (χ4n) is 3.47. The Kier molecular flexibility index (Phi) is 3.89. The first-order valence-electron chi connectivity index (χ1n) is 7.64. The van der Waals surface area contributed by atoms with E-state index in [0.717, 1.165) is 24.2 Å². The van der Waals surface area contributed by atoms with Crippen LogP contribution in [0.3, 0.4) is 0 Å². The first kappa shape index (κ1) is 13.1. The molecule has 106 valence electrons. The molecule has 0 aromatic carbocycles. The lowest BCUT2D eigenvalue weighted by Gasteiger charge is -2.36. The van der Waals surface area contributed by atoms with Crippen LogP contribution in [-0.2, 0) is 0 Å². The van der Waals surface area contributed by atoms with E-state index in [1.807, 2.05) is 13.1 Å². The average molecular weight is 263 g/mol. The Morgan fingerprint density at radius 3 is 2.89 bits per heavy atom. The maximum Gasteiger partial charge on any atom is 0.211 e. The molecule has 0 amide bonds. The van der Waals surface area contributed by atoms with Crippen molar-refractivity contribution in [2.24, 2.45) is 0 Å². The Hall–Kier alpha value is -0.870. The van der Waals surface area contributed by atoms with Crippen molar-refractivity contribution >= 4 is 0 Å². The third-order valence-electron chi connectivity index (χ3n) is 4.63. The van der Waals surface area contributed by atoms with Gasteiger partial charge in [0.2, 0.25) is 5.89 Å². The minimum absolute atomic E-state index is 0.301. The Morgan fingerprint density at radius 1 is 1.26 bits per heavy atom. The lowest BCUT2D eigenvalue weighted by Crippen LogP contribution is -2.44. The van der Waals surface area contributed by atoms with Crippen LogP contribution in [-0.4, -0.2) is 47.0 Å². The summed E-state index contributed by atoms with van der Waals surface area (Å²) in [4.78, 5) is 9.65. The number of aromatic nitrogens is 1. The molecule has 1 aromatic rings. The molecule has 0 aliphatic carbocycles. The average Bonchev–Trinajstić information content (AvgIpc) is 2.74. The molecular formula is C15H25N3O. The molecular weight excluding hydrogens is 238 g/mol. The Labute approximate surface area is 115 Å². The van der Waals surface area contributed by atoms with Crippen LogP contribution in [0.4, 0.5) is 0 Å². The van der Waals surface area contributed by atoms with E-state index in [0.29, 0.717) is 6.04 Å². The van der Waals surface area contributed by atoms with Gasteiger partial charge in [-0.05, 0) is 46.2 Å². The summed E-state index contributed by atoms with van der Waals surface area (Å²) >= 11 is 0. The van der Waals surface area contributed by atoms with Crippen LogP contribution in [0.1, 0.15) is 50.3 Å². The van der Waals surface area contributed by atoms with E-state index in [1.165, 1.54) is 45.3 Å². The molecule has 1 aromatic heterocycles. The molecule has 3 rings (SSSR count). The SMILES string of the molecule is Cc1cnc(C(C)N2CCCN3CCCCC3C2)o1. The van der Waals surface area contributed by atoms with Crippen LogP contribution in [0, 0.1) is 6.92 Å². The fourth-order valence-corrected chi connectivity index (χ4v) is 3.47. The van der Waals surface area contributed by atoms with Crippen molar-refractivity contribution in [3.8, 4) is 0 Å². The summed E-state index contributed by atoms with van der Waals surface area (Å²) < 4.78 is 5.71. The molecule has 2 fully saturated rings. The molecule has 0 spiro atoms. The van der Waals surface area contributed by atoms with E-state index in [1.54, 1.807) is 0 Å². The zero-order valence-electron chi connectivity index (χ0n) is 12.1. The fraction of sp³-hybridized carbons (Fsp3) is 0.800. The van der Waals surface area contributed by atoms with Crippen molar-refractivity contribution in [2.45, 2.75) is 51.6 Å². The van der Waals surface area contributed by atoms with E-state index >= 15 is 0 Å². The van der Waals surface area contributed by atoms with Crippen molar-refractivity contribution < 1.29 is 4.42 Å². The number of piperidine rings is 1. The molecule has 2 unspecified atom stereocenters. The third kappa shape index (κ3) is 2.84. The summed E-state index contributed by atoms with van der Waals surface area (Å²) in [5, 5.41) is 0. The van der Waals surface area contributed by atoms with Crippen LogP contribution in [0.15, 0.2) is 10.6 Å². The minimum atomic E-state index is 0.301. The number of rotatable bonds is 2. The number of nitrogens with zero attached hydrogens (tertiary/aromatic N) is 3. The topological polar surface area (TPSA) is 32.5 Å². The highest BCUT2D eigenvalue weighted by Gasteiger charge is 2.30. The standard InChI is InChI=1S/C15H25N3O/c1-12-10-16-15(19-12)13(2)18-9-5-8-17-7-4-3-6-14(17)11-18/h10,13-14H,3-9,11H2,1-2H3. The van der Waals surface area contributed by atoms with Gasteiger partial charge in [0.1, 0.15) is 5.76 Å². The first-order chi connectivity index (χ1) is 9.24. The van der Waals surface area contributed by atoms with E-state index in [4.69, 9.17) is 4.42 Å². The van der Waals surface area contributed by atoms with Gasteiger partial charge in [-0.25, -0.2) is 4.98 Å². The molecule has 19 heavy (non-hydrogen) atoms. The van der Waals surface area contributed by atoms with Gasteiger partial charge in [0.05, 0.1) is 12.2 Å².